The number of amides is 1. The standard InChI is InChI=1S/C14H23N3O/c1-10-7-6-8-11(15)12(10)13(18)16-9-14(2,3)17(4)5/h6-8H,9,15H2,1-5H3,(H,16,18). The molecule has 0 aliphatic carbocycles. The number of benzene rings is 1. The van der Waals surface area contributed by atoms with Crippen molar-refractivity contribution in [1.82, 2.24) is 10.2 Å². The maximum atomic E-state index is 12.1. The van der Waals surface area contributed by atoms with Crippen LogP contribution in [0.25, 0.3) is 0 Å². The molecule has 0 bridgehead atoms. The van der Waals surface area contributed by atoms with Crippen molar-refractivity contribution in [3.05, 3.63) is 29.3 Å². The van der Waals surface area contributed by atoms with Crippen LogP contribution in [0.2, 0.25) is 0 Å². The molecule has 0 fully saturated rings. The molecular formula is C14H23N3O. The van der Waals surface area contributed by atoms with Gasteiger partial charge in [0.05, 0.1) is 5.56 Å². The summed E-state index contributed by atoms with van der Waals surface area (Å²) in [6.45, 7) is 6.62. The number of nitrogens with one attached hydrogen (secondary N) is 1. The van der Waals surface area contributed by atoms with Gasteiger partial charge in [0.1, 0.15) is 0 Å². The van der Waals surface area contributed by atoms with E-state index in [0.717, 1.165) is 5.56 Å². The number of hydrogen-bond acceptors (Lipinski definition) is 3. The molecule has 0 aliphatic rings. The smallest absolute Gasteiger partial charge is 0.253 e. The molecule has 1 aromatic carbocycles. The third-order valence-corrected chi connectivity index (χ3v) is 3.42. The van der Waals surface area contributed by atoms with E-state index in [1.165, 1.54) is 0 Å². The summed E-state index contributed by atoms with van der Waals surface area (Å²) in [7, 11) is 3.99. The summed E-state index contributed by atoms with van der Waals surface area (Å²) in [4.78, 5) is 14.2. The molecule has 0 radical (unpaired) electrons. The lowest BCUT2D eigenvalue weighted by molar-refractivity contribution is 0.0920. The zero-order valence-electron chi connectivity index (χ0n) is 11.9. The van der Waals surface area contributed by atoms with E-state index >= 15 is 0 Å². The summed E-state index contributed by atoms with van der Waals surface area (Å²) in [5.41, 5.74) is 7.76. The molecule has 0 saturated heterocycles. The molecule has 1 aromatic rings. The minimum absolute atomic E-state index is 0.0902. The molecule has 4 nitrogen and oxygen atoms in total. The molecule has 4 heteroatoms. The number of likely N-dealkylation sites (N-methyl/N-ethyl adjacent to an activating group) is 1. The van der Waals surface area contributed by atoms with Crippen molar-refractivity contribution in [2.75, 3.05) is 26.4 Å². The fourth-order valence-electron chi connectivity index (χ4n) is 1.54. The second-order valence-electron chi connectivity index (χ2n) is 5.43. The largest absolute Gasteiger partial charge is 0.398 e. The van der Waals surface area contributed by atoms with Gasteiger partial charge in [-0.15, -0.1) is 0 Å². The molecule has 0 heterocycles. The Labute approximate surface area is 109 Å². The van der Waals surface area contributed by atoms with Gasteiger partial charge in [0.15, 0.2) is 0 Å². The van der Waals surface area contributed by atoms with Crippen LogP contribution in [0.3, 0.4) is 0 Å². The quantitative estimate of drug-likeness (QED) is 0.798. The Morgan fingerprint density at radius 2 is 2.00 bits per heavy atom. The average Bonchev–Trinajstić information content (AvgIpc) is 2.26. The van der Waals surface area contributed by atoms with E-state index < -0.39 is 0 Å². The second kappa shape index (κ2) is 5.40. The molecule has 1 amide bonds. The Bertz CT molecular complexity index is 418. The monoisotopic (exact) mass is 249 g/mol. The lowest BCUT2D eigenvalue weighted by atomic mass is 10.0. The zero-order valence-corrected chi connectivity index (χ0v) is 11.9. The van der Waals surface area contributed by atoms with Gasteiger partial charge in [-0.3, -0.25) is 4.79 Å². The number of nitrogen functional groups attached to an aromatic ring is 1. The first-order valence-electron chi connectivity index (χ1n) is 6.06. The van der Waals surface area contributed by atoms with E-state index in [4.69, 9.17) is 5.73 Å². The van der Waals surface area contributed by atoms with Crippen LogP contribution in [0, 0.1) is 6.92 Å². The van der Waals surface area contributed by atoms with E-state index in [1.807, 2.05) is 33.2 Å². The van der Waals surface area contributed by atoms with Gasteiger partial charge in [-0.25, -0.2) is 0 Å². The number of nitrogens with zero attached hydrogens (tertiary/aromatic N) is 1. The first-order valence-corrected chi connectivity index (χ1v) is 6.06. The van der Waals surface area contributed by atoms with Gasteiger partial charge in [0.2, 0.25) is 0 Å². The number of nitrogens with two attached hydrogens (primary N) is 1. The molecule has 100 valence electrons. The molecule has 18 heavy (non-hydrogen) atoms. The van der Waals surface area contributed by atoms with Crippen molar-refractivity contribution in [1.29, 1.82) is 0 Å². The number of hydrogen-bond donors (Lipinski definition) is 2. The van der Waals surface area contributed by atoms with Gasteiger partial charge in [-0.05, 0) is 46.5 Å². The number of anilines is 1. The predicted molar refractivity (Wildman–Crippen MR) is 75.7 cm³/mol. The molecule has 1 rings (SSSR count). The zero-order chi connectivity index (χ0) is 13.9. The highest BCUT2D eigenvalue weighted by Crippen LogP contribution is 2.16. The molecule has 0 atom stereocenters. The van der Waals surface area contributed by atoms with Crippen LogP contribution in [-0.4, -0.2) is 37.0 Å². The van der Waals surface area contributed by atoms with Crippen LogP contribution in [0.1, 0.15) is 29.8 Å². The molecule has 0 aromatic heterocycles. The van der Waals surface area contributed by atoms with E-state index in [-0.39, 0.29) is 11.4 Å². The molecule has 0 unspecified atom stereocenters. The van der Waals surface area contributed by atoms with E-state index in [1.54, 1.807) is 6.07 Å². The molecule has 0 spiro atoms. The Morgan fingerprint density at radius 1 is 1.39 bits per heavy atom. The van der Waals surface area contributed by atoms with Crippen molar-refractivity contribution in [3.8, 4) is 0 Å². The third kappa shape index (κ3) is 3.23. The van der Waals surface area contributed by atoms with Gasteiger partial charge >= 0.3 is 0 Å². The summed E-state index contributed by atoms with van der Waals surface area (Å²) in [6.07, 6.45) is 0. The third-order valence-electron chi connectivity index (χ3n) is 3.42. The van der Waals surface area contributed by atoms with Crippen molar-refractivity contribution < 1.29 is 4.79 Å². The Kier molecular flexibility index (Phi) is 4.35. The van der Waals surface area contributed by atoms with Crippen molar-refractivity contribution in [2.24, 2.45) is 0 Å². The summed E-state index contributed by atoms with van der Waals surface area (Å²) in [5.74, 6) is -0.111. The highest BCUT2D eigenvalue weighted by Gasteiger charge is 2.22. The lowest BCUT2D eigenvalue weighted by Crippen LogP contribution is -2.48. The van der Waals surface area contributed by atoms with Gasteiger partial charge in [0, 0.05) is 17.8 Å². The minimum Gasteiger partial charge on any atom is -0.398 e. The van der Waals surface area contributed by atoms with Crippen molar-refractivity contribution in [2.45, 2.75) is 26.3 Å². The van der Waals surface area contributed by atoms with Crippen molar-refractivity contribution in [3.63, 3.8) is 0 Å². The first-order chi connectivity index (χ1) is 8.25. The summed E-state index contributed by atoms with van der Waals surface area (Å²) in [5, 5.41) is 2.94. The van der Waals surface area contributed by atoms with Crippen molar-refractivity contribution >= 4 is 11.6 Å². The summed E-state index contributed by atoms with van der Waals surface area (Å²) < 4.78 is 0. The first kappa shape index (κ1) is 14.5. The number of rotatable bonds is 4. The van der Waals surface area contributed by atoms with Crippen LogP contribution in [-0.2, 0) is 0 Å². The Balaban J connectivity index is 2.79. The van der Waals surface area contributed by atoms with Gasteiger partial charge in [-0.2, -0.15) is 0 Å². The van der Waals surface area contributed by atoms with Crippen LogP contribution in [0.15, 0.2) is 18.2 Å². The fraction of sp³-hybridized carbons (Fsp3) is 0.500. The Morgan fingerprint density at radius 3 is 2.50 bits per heavy atom. The second-order valence-corrected chi connectivity index (χ2v) is 5.43. The maximum absolute atomic E-state index is 12.1. The molecule has 0 saturated carbocycles. The van der Waals surface area contributed by atoms with E-state index in [0.29, 0.717) is 17.8 Å². The normalized spacial score (nSPS) is 11.7. The lowest BCUT2D eigenvalue weighted by Gasteiger charge is -2.32. The maximum Gasteiger partial charge on any atom is 0.253 e. The average molecular weight is 249 g/mol. The number of aryl methyl sites for hydroxylation is 1. The van der Waals surface area contributed by atoms with Crippen LogP contribution in [0.4, 0.5) is 5.69 Å². The predicted octanol–water partition coefficient (Wildman–Crippen LogP) is 1.65. The minimum atomic E-state index is -0.111. The number of carbonyl (C=O) groups is 1. The van der Waals surface area contributed by atoms with Gasteiger partial charge in [0.25, 0.3) is 5.91 Å². The Hall–Kier alpha value is -1.55. The highest BCUT2D eigenvalue weighted by molar-refractivity contribution is 6.00. The van der Waals surface area contributed by atoms with E-state index in [9.17, 15) is 4.79 Å². The van der Waals surface area contributed by atoms with Crippen LogP contribution in [0.5, 0.6) is 0 Å². The molecule has 3 N–H and O–H groups in total. The molecular weight excluding hydrogens is 226 g/mol. The number of carbonyl (C=O) groups excluding carboxylic acids is 1. The van der Waals surface area contributed by atoms with Crippen LogP contribution >= 0.6 is 0 Å². The fourth-order valence-corrected chi connectivity index (χ4v) is 1.54. The topological polar surface area (TPSA) is 58.4 Å². The molecule has 0 aliphatic heterocycles. The van der Waals surface area contributed by atoms with E-state index in [2.05, 4.69) is 24.1 Å². The van der Waals surface area contributed by atoms with Crippen LogP contribution < -0.4 is 11.1 Å². The summed E-state index contributed by atoms with van der Waals surface area (Å²) >= 11 is 0. The van der Waals surface area contributed by atoms with Gasteiger partial charge < -0.3 is 16.0 Å². The highest BCUT2D eigenvalue weighted by atomic mass is 16.1. The summed E-state index contributed by atoms with van der Waals surface area (Å²) in [6, 6.07) is 5.49. The SMILES string of the molecule is Cc1cccc(N)c1C(=O)NCC(C)(C)N(C)C. The van der Waals surface area contributed by atoms with Gasteiger partial charge in [-0.1, -0.05) is 12.1 Å².